The highest BCUT2D eigenvalue weighted by atomic mass is 35.5. The fraction of sp³-hybridized carbons (Fsp3) is 0.500. The summed E-state index contributed by atoms with van der Waals surface area (Å²) in [4.78, 5) is 14.1. The van der Waals surface area contributed by atoms with E-state index in [0.29, 0.717) is 19.4 Å². The first-order valence-corrected chi connectivity index (χ1v) is 6.83. The number of carbonyl (C=O) groups is 1. The fourth-order valence-corrected chi connectivity index (χ4v) is 2.73. The van der Waals surface area contributed by atoms with Gasteiger partial charge in [-0.3, -0.25) is 4.79 Å². The van der Waals surface area contributed by atoms with E-state index >= 15 is 0 Å². The third kappa shape index (κ3) is 3.03. The van der Waals surface area contributed by atoms with Crippen molar-refractivity contribution in [3.63, 3.8) is 0 Å². The van der Waals surface area contributed by atoms with Crippen LogP contribution in [0.2, 0.25) is 5.02 Å². The van der Waals surface area contributed by atoms with Gasteiger partial charge in [-0.2, -0.15) is 0 Å². The van der Waals surface area contributed by atoms with Crippen LogP contribution in [0.15, 0.2) is 24.3 Å². The normalized spacial score (nSPS) is 19.2. The van der Waals surface area contributed by atoms with Crippen LogP contribution in [0.25, 0.3) is 0 Å². The maximum Gasteiger partial charge on any atom is 0.223 e. The van der Waals surface area contributed by atoms with Gasteiger partial charge >= 0.3 is 0 Å². The van der Waals surface area contributed by atoms with Gasteiger partial charge in [0.25, 0.3) is 0 Å². The van der Waals surface area contributed by atoms with E-state index in [4.69, 9.17) is 17.3 Å². The Kier molecular flexibility index (Phi) is 4.61. The average Bonchev–Trinajstić information content (AvgIpc) is 2.86. The first-order valence-electron chi connectivity index (χ1n) is 6.45. The van der Waals surface area contributed by atoms with Gasteiger partial charge in [0.15, 0.2) is 0 Å². The van der Waals surface area contributed by atoms with Gasteiger partial charge < -0.3 is 10.6 Å². The Balaban J connectivity index is 1.90. The van der Waals surface area contributed by atoms with E-state index in [2.05, 4.69) is 0 Å². The van der Waals surface area contributed by atoms with Crippen molar-refractivity contribution in [1.82, 2.24) is 4.90 Å². The Morgan fingerprint density at radius 1 is 1.44 bits per heavy atom. The van der Waals surface area contributed by atoms with E-state index in [1.54, 1.807) is 0 Å². The minimum atomic E-state index is 0.197. The smallest absolute Gasteiger partial charge is 0.223 e. The van der Waals surface area contributed by atoms with Gasteiger partial charge in [-0.1, -0.05) is 29.8 Å². The molecule has 98 valence electrons. The van der Waals surface area contributed by atoms with Crippen molar-refractivity contribution in [2.24, 2.45) is 5.73 Å². The number of hydrogen-bond donors (Lipinski definition) is 1. The van der Waals surface area contributed by atoms with Crippen LogP contribution in [0.3, 0.4) is 0 Å². The summed E-state index contributed by atoms with van der Waals surface area (Å²) < 4.78 is 0. The molecule has 1 aliphatic rings. The van der Waals surface area contributed by atoms with Crippen LogP contribution >= 0.6 is 11.6 Å². The predicted octanol–water partition coefficient (Wildman–Crippen LogP) is 2.22. The van der Waals surface area contributed by atoms with Crippen LogP contribution in [0.1, 0.15) is 24.8 Å². The first-order chi connectivity index (χ1) is 8.72. The van der Waals surface area contributed by atoms with E-state index in [0.717, 1.165) is 30.0 Å². The van der Waals surface area contributed by atoms with E-state index in [-0.39, 0.29) is 11.9 Å². The van der Waals surface area contributed by atoms with Gasteiger partial charge in [0.2, 0.25) is 5.91 Å². The topological polar surface area (TPSA) is 46.3 Å². The van der Waals surface area contributed by atoms with E-state index in [9.17, 15) is 4.79 Å². The van der Waals surface area contributed by atoms with Crippen LogP contribution in [0.4, 0.5) is 0 Å². The third-order valence-corrected chi connectivity index (χ3v) is 3.90. The molecular weight excluding hydrogens is 248 g/mol. The minimum Gasteiger partial charge on any atom is -0.338 e. The Morgan fingerprint density at radius 2 is 2.22 bits per heavy atom. The number of nitrogens with zero attached hydrogens (tertiary/aromatic N) is 1. The lowest BCUT2D eigenvalue weighted by molar-refractivity contribution is -0.131. The second-order valence-corrected chi connectivity index (χ2v) is 5.12. The summed E-state index contributed by atoms with van der Waals surface area (Å²) >= 11 is 6.08. The van der Waals surface area contributed by atoms with E-state index < -0.39 is 0 Å². The zero-order valence-corrected chi connectivity index (χ0v) is 11.2. The van der Waals surface area contributed by atoms with Crippen LogP contribution in [0, 0.1) is 0 Å². The molecular formula is C14H19ClN2O. The highest BCUT2D eigenvalue weighted by Crippen LogP contribution is 2.20. The predicted molar refractivity (Wildman–Crippen MR) is 73.6 cm³/mol. The van der Waals surface area contributed by atoms with Crippen molar-refractivity contribution in [3.8, 4) is 0 Å². The summed E-state index contributed by atoms with van der Waals surface area (Å²) in [5, 5.41) is 0.738. The van der Waals surface area contributed by atoms with Gasteiger partial charge in [0.05, 0.1) is 0 Å². The van der Waals surface area contributed by atoms with E-state index in [1.165, 1.54) is 0 Å². The maximum absolute atomic E-state index is 12.1. The first kappa shape index (κ1) is 13.4. The molecule has 2 rings (SSSR count). The van der Waals surface area contributed by atoms with Gasteiger partial charge in [0, 0.05) is 30.6 Å². The maximum atomic E-state index is 12.1. The van der Waals surface area contributed by atoms with Crippen LogP contribution in [-0.4, -0.2) is 29.9 Å². The Bertz CT molecular complexity index is 422. The largest absolute Gasteiger partial charge is 0.338 e. The van der Waals surface area contributed by atoms with E-state index in [1.807, 2.05) is 29.2 Å². The number of rotatable bonds is 4. The van der Waals surface area contributed by atoms with Crippen molar-refractivity contribution in [1.29, 1.82) is 0 Å². The molecule has 1 heterocycles. The molecule has 1 unspecified atom stereocenters. The molecule has 0 spiro atoms. The number of nitrogens with two attached hydrogens (primary N) is 1. The molecule has 1 amide bonds. The Morgan fingerprint density at radius 3 is 2.94 bits per heavy atom. The molecule has 0 radical (unpaired) electrons. The van der Waals surface area contributed by atoms with Gasteiger partial charge in [-0.05, 0) is 30.9 Å². The number of aryl methyl sites for hydroxylation is 1. The number of amides is 1. The fourth-order valence-electron chi connectivity index (χ4n) is 2.50. The van der Waals surface area contributed by atoms with Crippen LogP contribution in [0.5, 0.6) is 0 Å². The highest BCUT2D eigenvalue weighted by Gasteiger charge is 2.26. The summed E-state index contributed by atoms with van der Waals surface area (Å²) in [5.74, 6) is 0.197. The monoisotopic (exact) mass is 266 g/mol. The Hall–Kier alpha value is -1.06. The van der Waals surface area contributed by atoms with Crippen molar-refractivity contribution in [2.75, 3.05) is 13.1 Å². The number of likely N-dealkylation sites (tertiary alicyclic amines) is 1. The Labute approximate surface area is 113 Å². The lowest BCUT2D eigenvalue weighted by Crippen LogP contribution is -2.40. The molecule has 3 nitrogen and oxygen atoms in total. The zero-order valence-electron chi connectivity index (χ0n) is 10.4. The molecule has 1 aromatic carbocycles. The van der Waals surface area contributed by atoms with Crippen molar-refractivity contribution >= 4 is 17.5 Å². The molecule has 2 N–H and O–H groups in total. The standard InChI is InChI=1S/C14H19ClN2O/c15-13-6-2-1-4-11(13)7-8-14(18)17-9-3-5-12(17)10-16/h1-2,4,6,12H,3,5,7-10,16H2. The van der Waals surface area contributed by atoms with Crippen LogP contribution in [-0.2, 0) is 11.2 Å². The molecule has 1 aliphatic heterocycles. The summed E-state index contributed by atoms with van der Waals surface area (Å²) in [6.45, 7) is 1.42. The molecule has 0 bridgehead atoms. The number of hydrogen-bond acceptors (Lipinski definition) is 2. The molecule has 1 fully saturated rings. The molecule has 1 saturated heterocycles. The average molecular weight is 267 g/mol. The summed E-state index contributed by atoms with van der Waals surface area (Å²) in [5.41, 5.74) is 6.72. The molecule has 18 heavy (non-hydrogen) atoms. The molecule has 0 aromatic heterocycles. The molecule has 1 atom stereocenters. The lowest BCUT2D eigenvalue weighted by Gasteiger charge is -2.23. The number of carbonyl (C=O) groups excluding carboxylic acids is 1. The van der Waals surface area contributed by atoms with Gasteiger partial charge in [0.1, 0.15) is 0 Å². The summed E-state index contributed by atoms with van der Waals surface area (Å²) in [6, 6.07) is 7.92. The quantitative estimate of drug-likeness (QED) is 0.908. The number of benzene rings is 1. The second kappa shape index (κ2) is 6.21. The molecule has 0 saturated carbocycles. The van der Waals surface area contributed by atoms with Crippen LogP contribution < -0.4 is 5.73 Å². The zero-order chi connectivity index (χ0) is 13.0. The second-order valence-electron chi connectivity index (χ2n) is 4.71. The van der Waals surface area contributed by atoms with Gasteiger partial charge in [-0.25, -0.2) is 0 Å². The highest BCUT2D eigenvalue weighted by molar-refractivity contribution is 6.31. The molecule has 0 aliphatic carbocycles. The minimum absolute atomic E-state index is 0.197. The van der Waals surface area contributed by atoms with Crippen molar-refractivity contribution in [2.45, 2.75) is 31.7 Å². The third-order valence-electron chi connectivity index (χ3n) is 3.54. The van der Waals surface area contributed by atoms with Gasteiger partial charge in [-0.15, -0.1) is 0 Å². The lowest BCUT2D eigenvalue weighted by atomic mass is 10.1. The van der Waals surface area contributed by atoms with Crippen molar-refractivity contribution in [3.05, 3.63) is 34.9 Å². The number of halogens is 1. The summed E-state index contributed by atoms with van der Waals surface area (Å²) in [7, 11) is 0. The molecule has 4 heteroatoms. The van der Waals surface area contributed by atoms with Crippen molar-refractivity contribution < 1.29 is 4.79 Å². The SMILES string of the molecule is NCC1CCCN1C(=O)CCc1ccccc1Cl. The summed E-state index contributed by atoms with van der Waals surface area (Å²) in [6.07, 6.45) is 3.32. The molecule has 1 aromatic rings.